The Bertz CT molecular complexity index is 1200. The number of halogens is 4. The molecule has 2 aromatic carbocycles. The molecule has 2 N–H and O–H groups in total. The van der Waals surface area contributed by atoms with Gasteiger partial charge in [-0.05, 0) is 47.7 Å². The fourth-order valence-corrected chi connectivity index (χ4v) is 4.62. The van der Waals surface area contributed by atoms with E-state index in [1.165, 1.54) is 45.4 Å². The maximum Gasteiger partial charge on any atom is 0.419 e. The first-order valence-electron chi connectivity index (χ1n) is 9.83. The third-order valence-electron chi connectivity index (χ3n) is 6.00. The first kappa shape index (κ1) is 22.1. The van der Waals surface area contributed by atoms with Crippen molar-refractivity contribution in [2.45, 2.75) is 43.5 Å². The van der Waals surface area contributed by atoms with Gasteiger partial charge in [0, 0.05) is 16.5 Å². The number of amides is 1. The normalized spacial score (nSPS) is 22.4. The Morgan fingerprint density at radius 3 is 2.59 bits per heavy atom. The van der Waals surface area contributed by atoms with E-state index in [9.17, 15) is 27.5 Å². The highest BCUT2D eigenvalue weighted by Gasteiger charge is 2.64. The van der Waals surface area contributed by atoms with E-state index in [4.69, 9.17) is 9.15 Å². The zero-order chi connectivity index (χ0) is 23.5. The lowest BCUT2D eigenvalue weighted by atomic mass is 9.63. The molecule has 1 aromatic heterocycles. The van der Waals surface area contributed by atoms with Crippen molar-refractivity contribution in [3.8, 4) is 5.75 Å². The van der Waals surface area contributed by atoms with Gasteiger partial charge in [-0.15, -0.1) is 0 Å². The van der Waals surface area contributed by atoms with Crippen LogP contribution >= 0.6 is 0 Å². The molecule has 1 aliphatic rings. The van der Waals surface area contributed by atoms with E-state index in [0.29, 0.717) is 11.0 Å². The van der Waals surface area contributed by atoms with E-state index >= 15 is 0 Å². The van der Waals surface area contributed by atoms with Crippen LogP contribution in [0.1, 0.15) is 47.8 Å². The molecule has 0 saturated heterocycles. The van der Waals surface area contributed by atoms with Crippen molar-refractivity contribution in [3.63, 3.8) is 0 Å². The second-order valence-electron chi connectivity index (χ2n) is 8.61. The van der Waals surface area contributed by atoms with Crippen LogP contribution in [0.4, 0.5) is 17.6 Å². The molecular formula is C23H21F4NO4. The van der Waals surface area contributed by atoms with Crippen LogP contribution in [0.15, 0.2) is 47.1 Å². The minimum Gasteiger partial charge on any atom is -0.493 e. The van der Waals surface area contributed by atoms with E-state index in [2.05, 4.69) is 5.32 Å². The smallest absolute Gasteiger partial charge is 0.419 e. The molecule has 0 unspecified atom stereocenters. The Labute approximate surface area is 181 Å². The Hall–Kier alpha value is -3.07. The molecule has 9 heteroatoms. The van der Waals surface area contributed by atoms with Crippen molar-refractivity contribution >= 4 is 16.9 Å². The van der Waals surface area contributed by atoms with Gasteiger partial charge in [-0.25, -0.2) is 4.39 Å². The molecule has 0 radical (unpaired) electrons. The lowest BCUT2D eigenvalue weighted by Gasteiger charge is -2.49. The van der Waals surface area contributed by atoms with E-state index < -0.39 is 41.4 Å². The summed E-state index contributed by atoms with van der Waals surface area (Å²) in [5.74, 6) is -1.78. The number of hydrogen-bond donors (Lipinski definition) is 2. The Morgan fingerprint density at radius 2 is 1.94 bits per heavy atom. The largest absolute Gasteiger partial charge is 0.493 e. The standard InChI is InChI=1S/C23H21F4NO4/c1-21(2)11-22(30,23(25,26)27)19(14-5-6-15(24)18(31-3)17(14)21)28-20(29)13-4-7-16-12(10-13)8-9-32-16/h4-10,19,30H,11H2,1-3H3,(H,28,29)/t19-,22-/m1/s1. The molecule has 32 heavy (non-hydrogen) atoms. The molecule has 4 rings (SSSR count). The van der Waals surface area contributed by atoms with Crippen molar-refractivity contribution in [2.75, 3.05) is 7.11 Å². The van der Waals surface area contributed by atoms with E-state index in [1.54, 1.807) is 6.07 Å². The lowest BCUT2D eigenvalue weighted by molar-refractivity contribution is -0.280. The van der Waals surface area contributed by atoms with Gasteiger partial charge in [0.15, 0.2) is 17.2 Å². The van der Waals surface area contributed by atoms with Crippen molar-refractivity contribution in [1.29, 1.82) is 0 Å². The fraction of sp³-hybridized carbons (Fsp3) is 0.348. The summed E-state index contributed by atoms with van der Waals surface area (Å²) < 4.78 is 67.3. The lowest BCUT2D eigenvalue weighted by Crippen LogP contribution is -2.60. The number of carbonyl (C=O) groups excluding carboxylic acids is 1. The maximum atomic E-state index is 14.4. The van der Waals surface area contributed by atoms with E-state index in [0.717, 1.165) is 12.1 Å². The van der Waals surface area contributed by atoms with Crippen molar-refractivity contribution < 1.29 is 36.6 Å². The summed E-state index contributed by atoms with van der Waals surface area (Å²) >= 11 is 0. The van der Waals surface area contributed by atoms with E-state index in [1.807, 2.05) is 0 Å². The number of alkyl halides is 3. The summed E-state index contributed by atoms with van der Waals surface area (Å²) in [6, 6.07) is 6.25. The number of aliphatic hydroxyl groups is 1. The molecule has 1 amide bonds. The van der Waals surface area contributed by atoms with Crippen molar-refractivity contribution in [3.05, 3.63) is 65.2 Å². The molecule has 5 nitrogen and oxygen atoms in total. The van der Waals surface area contributed by atoms with Gasteiger partial charge in [0.2, 0.25) is 0 Å². The average Bonchev–Trinajstić information content (AvgIpc) is 3.17. The molecule has 3 aromatic rings. The quantitative estimate of drug-likeness (QED) is 0.549. The first-order valence-corrected chi connectivity index (χ1v) is 9.83. The highest BCUT2D eigenvalue weighted by atomic mass is 19.4. The summed E-state index contributed by atoms with van der Waals surface area (Å²) in [6.45, 7) is 2.94. The summed E-state index contributed by atoms with van der Waals surface area (Å²) in [4.78, 5) is 13.0. The van der Waals surface area contributed by atoms with Crippen LogP contribution in [-0.4, -0.2) is 29.9 Å². The summed E-state index contributed by atoms with van der Waals surface area (Å²) in [7, 11) is 1.22. The topological polar surface area (TPSA) is 71.7 Å². The molecule has 1 aliphatic carbocycles. The van der Waals surface area contributed by atoms with Crippen LogP contribution < -0.4 is 10.1 Å². The second kappa shape index (κ2) is 7.23. The summed E-state index contributed by atoms with van der Waals surface area (Å²) in [5, 5.41) is 13.9. The predicted octanol–water partition coefficient (Wildman–Crippen LogP) is 5.03. The number of furan rings is 1. The number of carbonyl (C=O) groups is 1. The van der Waals surface area contributed by atoms with Gasteiger partial charge in [0.25, 0.3) is 5.91 Å². The second-order valence-corrected chi connectivity index (χ2v) is 8.61. The van der Waals surface area contributed by atoms with Gasteiger partial charge < -0.3 is 19.6 Å². The van der Waals surface area contributed by atoms with Crippen LogP contribution in [-0.2, 0) is 5.41 Å². The van der Waals surface area contributed by atoms with Gasteiger partial charge in [-0.1, -0.05) is 19.9 Å². The molecule has 0 aliphatic heterocycles. The average molecular weight is 451 g/mol. The maximum absolute atomic E-state index is 14.4. The van der Waals surface area contributed by atoms with Gasteiger partial charge in [-0.2, -0.15) is 13.2 Å². The number of benzene rings is 2. The zero-order valence-electron chi connectivity index (χ0n) is 17.5. The SMILES string of the molecule is COc1c(F)ccc2c1C(C)(C)C[C@](O)(C(F)(F)F)[C@@H]2NC(=O)c1ccc2occc2c1. The summed E-state index contributed by atoms with van der Waals surface area (Å²) in [6.07, 6.45) is -4.45. The molecule has 0 spiro atoms. The number of hydrogen-bond acceptors (Lipinski definition) is 4. The van der Waals surface area contributed by atoms with Crippen molar-refractivity contribution in [2.24, 2.45) is 0 Å². The Kier molecular flexibility index (Phi) is 5.00. The Morgan fingerprint density at radius 1 is 1.22 bits per heavy atom. The van der Waals surface area contributed by atoms with Gasteiger partial charge in [0.1, 0.15) is 5.58 Å². The number of ether oxygens (including phenoxy) is 1. The zero-order valence-corrected chi connectivity index (χ0v) is 17.5. The molecule has 1 heterocycles. The van der Waals surface area contributed by atoms with Crippen molar-refractivity contribution in [1.82, 2.24) is 5.32 Å². The molecule has 0 bridgehead atoms. The van der Waals surface area contributed by atoms with Gasteiger partial charge in [-0.3, -0.25) is 4.79 Å². The van der Waals surface area contributed by atoms with Crippen LogP contribution in [0.3, 0.4) is 0 Å². The first-order chi connectivity index (χ1) is 14.9. The highest BCUT2D eigenvalue weighted by Crippen LogP contribution is 2.55. The molecule has 0 saturated carbocycles. The molecule has 2 atom stereocenters. The minimum absolute atomic E-state index is 0.0583. The molecule has 0 fully saturated rings. The van der Waals surface area contributed by atoms with Crippen LogP contribution in [0.2, 0.25) is 0 Å². The molecular weight excluding hydrogens is 430 g/mol. The third-order valence-corrected chi connectivity index (χ3v) is 6.00. The summed E-state index contributed by atoms with van der Waals surface area (Å²) in [5.41, 5.74) is -3.88. The minimum atomic E-state index is -5.07. The van der Waals surface area contributed by atoms with Gasteiger partial charge >= 0.3 is 6.18 Å². The van der Waals surface area contributed by atoms with Gasteiger partial charge in [0.05, 0.1) is 19.4 Å². The monoisotopic (exact) mass is 451 g/mol. The highest BCUT2D eigenvalue weighted by molar-refractivity contribution is 5.98. The number of methoxy groups -OCH3 is 1. The van der Waals surface area contributed by atoms with Crippen LogP contribution in [0.25, 0.3) is 11.0 Å². The van der Waals surface area contributed by atoms with E-state index in [-0.39, 0.29) is 22.4 Å². The van der Waals surface area contributed by atoms with Crippen LogP contribution in [0.5, 0.6) is 5.75 Å². The van der Waals surface area contributed by atoms with Crippen LogP contribution in [0, 0.1) is 5.82 Å². The Balaban J connectivity index is 1.86. The molecule has 170 valence electrons. The number of rotatable bonds is 3. The predicted molar refractivity (Wildman–Crippen MR) is 108 cm³/mol. The number of nitrogens with one attached hydrogen (secondary N) is 1. The fourth-order valence-electron chi connectivity index (χ4n) is 4.62. The number of fused-ring (bicyclic) bond motifs is 2. The third kappa shape index (κ3) is 3.31.